The van der Waals surface area contributed by atoms with Crippen molar-refractivity contribution in [2.75, 3.05) is 0 Å². The molecule has 0 fully saturated rings. The standard InChI is InChI=1S/C12H14N2/c1-3-11-8-12(14-13-11)10-6-4-5-9(2)7-10/h4-8H,3H2,1-2H3,(H,13,14). The molecule has 2 heteroatoms. The molecule has 0 bridgehead atoms. The Kier molecular flexibility index (Phi) is 2.35. The third-order valence-corrected chi connectivity index (χ3v) is 2.33. The molecular weight excluding hydrogens is 172 g/mol. The van der Waals surface area contributed by atoms with Gasteiger partial charge in [-0.25, -0.2) is 0 Å². The molecule has 14 heavy (non-hydrogen) atoms. The average Bonchev–Trinajstić information content (AvgIpc) is 2.66. The molecule has 0 amide bonds. The third-order valence-electron chi connectivity index (χ3n) is 2.33. The van der Waals surface area contributed by atoms with Crippen molar-refractivity contribution in [2.24, 2.45) is 0 Å². The lowest BCUT2D eigenvalue weighted by Gasteiger charge is -1.96. The van der Waals surface area contributed by atoms with Crippen LogP contribution in [0.5, 0.6) is 0 Å². The molecule has 0 aliphatic heterocycles. The van der Waals surface area contributed by atoms with Gasteiger partial charge in [-0.2, -0.15) is 5.10 Å². The number of nitrogens with one attached hydrogen (secondary N) is 1. The van der Waals surface area contributed by atoms with Crippen LogP contribution in [0.1, 0.15) is 18.2 Å². The van der Waals surface area contributed by atoms with E-state index in [4.69, 9.17) is 0 Å². The fourth-order valence-corrected chi connectivity index (χ4v) is 1.50. The monoisotopic (exact) mass is 186 g/mol. The first-order valence-electron chi connectivity index (χ1n) is 4.91. The molecule has 2 nitrogen and oxygen atoms in total. The van der Waals surface area contributed by atoms with Gasteiger partial charge in [-0.3, -0.25) is 5.10 Å². The predicted molar refractivity (Wildman–Crippen MR) is 58.1 cm³/mol. The van der Waals surface area contributed by atoms with Crippen LogP contribution in [0.2, 0.25) is 0 Å². The van der Waals surface area contributed by atoms with E-state index in [2.05, 4.69) is 54.4 Å². The maximum Gasteiger partial charge on any atom is 0.0923 e. The van der Waals surface area contributed by atoms with Crippen molar-refractivity contribution in [1.29, 1.82) is 0 Å². The molecule has 0 unspecified atom stereocenters. The summed E-state index contributed by atoms with van der Waals surface area (Å²) in [4.78, 5) is 0. The van der Waals surface area contributed by atoms with Crippen LogP contribution in [-0.4, -0.2) is 10.2 Å². The van der Waals surface area contributed by atoms with Gasteiger partial charge >= 0.3 is 0 Å². The van der Waals surface area contributed by atoms with Crippen LogP contribution in [0, 0.1) is 6.92 Å². The third kappa shape index (κ3) is 1.69. The minimum absolute atomic E-state index is 0.999. The zero-order valence-corrected chi connectivity index (χ0v) is 8.54. The van der Waals surface area contributed by atoms with Crippen molar-refractivity contribution in [3.05, 3.63) is 41.6 Å². The van der Waals surface area contributed by atoms with Gasteiger partial charge in [0, 0.05) is 11.3 Å². The maximum atomic E-state index is 4.27. The van der Waals surface area contributed by atoms with Crippen LogP contribution >= 0.6 is 0 Å². The predicted octanol–water partition coefficient (Wildman–Crippen LogP) is 2.95. The van der Waals surface area contributed by atoms with Crippen LogP contribution in [0.25, 0.3) is 11.3 Å². The van der Waals surface area contributed by atoms with Crippen molar-refractivity contribution in [2.45, 2.75) is 20.3 Å². The molecule has 0 radical (unpaired) electrons. The molecule has 0 aliphatic carbocycles. The Bertz CT molecular complexity index is 429. The molecule has 0 aliphatic rings. The van der Waals surface area contributed by atoms with Gasteiger partial charge in [0.1, 0.15) is 0 Å². The van der Waals surface area contributed by atoms with E-state index < -0.39 is 0 Å². The van der Waals surface area contributed by atoms with Gasteiger partial charge in [0.2, 0.25) is 0 Å². The first kappa shape index (κ1) is 9.00. The van der Waals surface area contributed by atoms with Gasteiger partial charge in [0.05, 0.1) is 5.69 Å². The van der Waals surface area contributed by atoms with Gasteiger partial charge in [-0.15, -0.1) is 0 Å². The Hall–Kier alpha value is -1.57. The molecule has 0 saturated heterocycles. The quantitative estimate of drug-likeness (QED) is 0.767. The number of aryl methyl sites for hydroxylation is 2. The van der Waals surface area contributed by atoms with Crippen molar-refractivity contribution in [3.63, 3.8) is 0 Å². The zero-order valence-electron chi connectivity index (χ0n) is 8.54. The number of aromatic amines is 1. The van der Waals surface area contributed by atoms with E-state index in [1.165, 1.54) is 16.8 Å². The van der Waals surface area contributed by atoms with E-state index in [0.29, 0.717) is 0 Å². The van der Waals surface area contributed by atoms with Crippen LogP contribution in [0.3, 0.4) is 0 Å². The highest BCUT2D eigenvalue weighted by molar-refractivity contribution is 5.60. The molecule has 72 valence electrons. The van der Waals surface area contributed by atoms with E-state index in [-0.39, 0.29) is 0 Å². The molecular formula is C12H14N2. The molecule has 2 aromatic rings. The minimum atomic E-state index is 0.999. The molecule has 1 heterocycles. The summed E-state index contributed by atoms with van der Waals surface area (Å²) in [6.07, 6.45) is 0.999. The summed E-state index contributed by atoms with van der Waals surface area (Å²) in [7, 11) is 0. The van der Waals surface area contributed by atoms with Gasteiger partial charge in [-0.1, -0.05) is 30.7 Å². The Morgan fingerprint density at radius 3 is 2.79 bits per heavy atom. The highest BCUT2D eigenvalue weighted by Crippen LogP contribution is 2.18. The zero-order chi connectivity index (χ0) is 9.97. The van der Waals surface area contributed by atoms with Crippen molar-refractivity contribution in [1.82, 2.24) is 10.2 Å². The lowest BCUT2D eigenvalue weighted by atomic mass is 10.1. The number of aromatic nitrogens is 2. The number of benzene rings is 1. The molecule has 1 aromatic carbocycles. The summed E-state index contributed by atoms with van der Waals surface area (Å²) >= 11 is 0. The van der Waals surface area contributed by atoms with Gasteiger partial charge in [0.25, 0.3) is 0 Å². The highest BCUT2D eigenvalue weighted by Gasteiger charge is 2.01. The number of rotatable bonds is 2. The van der Waals surface area contributed by atoms with Crippen molar-refractivity contribution >= 4 is 0 Å². The van der Waals surface area contributed by atoms with E-state index in [1.807, 2.05) is 0 Å². The van der Waals surface area contributed by atoms with Crippen LogP contribution in [0.4, 0.5) is 0 Å². The number of H-pyrrole nitrogens is 1. The summed E-state index contributed by atoms with van der Waals surface area (Å²) in [6.45, 7) is 4.21. The number of hydrogen-bond donors (Lipinski definition) is 1. The molecule has 2 rings (SSSR count). The summed E-state index contributed by atoms with van der Waals surface area (Å²) < 4.78 is 0. The van der Waals surface area contributed by atoms with E-state index in [0.717, 1.165) is 12.1 Å². The summed E-state index contributed by atoms with van der Waals surface area (Å²) in [5.74, 6) is 0. The van der Waals surface area contributed by atoms with E-state index in [1.54, 1.807) is 0 Å². The van der Waals surface area contributed by atoms with Crippen molar-refractivity contribution in [3.8, 4) is 11.3 Å². The Balaban J connectivity index is 2.39. The lowest BCUT2D eigenvalue weighted by Crippen LogP contribution is -1.78. The number of hydrogen-bond acceptors (Lipinski definition) is 1. The Morgan fingerprint density at radius 1 is 1.29 bits per heavy atom. The molecule has 1 aromatic heterocycles. The first-order valence-corrected chi connectivity index (χ1v) is 4.91. The summed E-state index contributed by atoms with van der Waals surface area (Å²) in [5.41, 5.74) is 4.66. The Morgan fingerprint density at radius 2 is 2.14 bits per heavy atom. The Labute approximate surface area is 84.0 Å². The highest BCUT2D eigenvalue weighted by atomic mass is 15.1. The largest absolute Gasteiger partial charge is 0.282 e. The second-order valence-corrected chi connectivity index (χ2v) is 3.50. The smallest absolute Gasteiger partial charge is 0.0923 e. The average molecular weight is 186 g/mol. The topological polar surface area (TPSA) is 28.7 Å². The summed E-state index contributed by atoms with van der Waals surface area (Å²) in [6, 6.07) is 10.5. The molecule has 0 atom stereocenters. The first-order chi connectivity index (χ1) is 6.79. The number of nitrogens with zero attached hydrogens (tertiary/aromatic N) is 1. The summed E-state index contributed by atoms with van der Waals surface area (Å²) in [5, 5.41) is 7.30. The van der Waals surface area contributed by atoms with E-state index in [9.17, 15) is 0 Å². The molecule has 1 N–H and O–H groups in total. The van der Waals surface area contributed by atoms with Crippen LogP contribution < -0.4 is 0 Å². The normalized spacial score (nSPS) is 10.4. The van der Waals surface area contributed by atoms with Crippen molar-refractivity contribution < 1.29 is 0 Å². The van der Waals surface area contributed by atoms with Crippen LogP contribution in [-0.2, 0) is 6.42 Å². The van der Waals surface area contributed by atoms with Gasteiger partial charge < -0.3 is 0 Å². The second-order valence-electron chi connectivity index (χ2n) is 3.50. The SMILES string of the molecule is CCc1cc(-c2cccc(C)c2)n[nH]1. The van der Waals surface area contributed by atoms with Crippen LogP contribution in [0.15, 0.2) is 30.3 Å². The van der Waals surface area contributed by atoms with Gasteiger partial charge in [0.15, 0.2) is 0 Å². The van der Waals surface area contributed by atoms with Gasteiger partial charge in [-0.05, 0) is 25.5 Å². The minimum Gasteiger partial charge on any atom is -0.282 e. The second kappa shape index (κ2) is 3.66. The maximum absolute atomic E-state index is 4.27. The molecule has 0 saturated carbocycles. The fraction of sp³-hybridized carbons (Fsp3) is 0.250. The molecule has 0 spiro atoms. The fourth-order valence-electron chi connectivity index (χ4n) is 1.50. The lowest BCUT2D eigenvalue weighted by molar-refractivity contribution is 0.976. The van der Waals surface area contributed by atoms with E-state index >= 15 is 0 Å².